The number of methoxy groups -OCH3 is 1. The van der Waals surface area contributed by atoms with Crippen molar-refractivity contribution in [3.05, 3.63) is 77.6 Å². The van der Waals surface area contributed by atoms with Gasteiger partial charge in [-0.3, -0.25) is 4.79 Å². The smallest absolute Gasteiger partial charge is 0.251 e. The fourth-order valence-corrected chi connectivity index (χ4v) is 3.99. The van der Waals surface area contributed by atoms with Crippen LogP contribution in [0.1, 0.15) is 27.5 Å². The van der Waals surface area contributed by atoms with Crippen molar-refractivity contribution in [2.24, 2.45) is 5.73 Å². The van der Waals surface area contributed by atoms with E-state index < -0.39 is 5.91 Å². The third-order valence-electron chi connectivity index (χ3n) is 5.33. The van der Waals surface area contributed by atoms with Gasteiger partial charge in [-0.2, -0.15) is 5.10 Å². The van der Waals surface area contributed by atoms with Gasteiger partial charge in [0, 0.05) is 28.6 Å². The van der Waals surface area contributed by atoms with Gasteiger partial charge in [-0.05, 0) is 29.8 Å². The number of fused-ring (bicyclic) bond motifs is 2. The number of amides is 1. The van der Waals surface area contributed by atoms with Crippen molar-refractivity contribution in [1.82, 2.24) is 9.61 Å². The number of primary amides is 1. The zero-order valence-electron chi connectivity index (χ0n) is 15.6. The first-order valence-electron chi connectivity index (χ1n) is 9.11. The second kappa shape index (κ2) is 6.27. The number of phenols is 1. The number of hydrogen-bond donors (Lipinski definition) is 3. The predicted molar refractivity (Wildman–Crippen MR) is 109 cm³/mol. The number of hydrogen-bond acceptors (Lipinski definition) is 5. The molecule has 0 spiro atoms. The lowest BCUT2D eigenvalue weighted by molar-refractivity contribution is 0.100. The third-order valence-corrected chi connectivity index (χ3v) is 5.33. The van der Waals surface area contributed by atoms with Crippen molar-refractivity contribution in [3.8, 4) is 22.6 Å². The van der Waals surface area contributed by atoms with Gasteiger partial charge in [0.1, 0.15) is 0 Å². The minimum absolute atomic E-state index is 0.0744. The summed E-state index contributed by atoms with van der Waals surface area (Å²) in [6.07, 6.45) is 3.37. The number of aromatic nitrogens is 2. The Morgan fingerprint density at radius 1 is 1.24 bits per heavy atom. The first-order chi connectivity index (χ1) is 14.1. The lowest BCUT2D eigenvalue weighted by Crippen LogP contribution is -2.14. The highest BCUT2D eigenvalue weighted by molar-refractivity contribution is 6.06. The van der Waals surface area contributed by atoms with Crippen LogP contribution >= 0.6 is 0 Å². The van der Waals surface area contributed by atoms with Gasteiger partial charge in [0.15, 0.2) is 11.5 Å². The topological polar surface area (TPSA) is 102 Å². The van der Waals surface area contributed by atoms with E-state index in [1.54, 1.807) is 16.6 Å². The fourth-order valence-electron chi connectivity index (χ4n) is 3.99. The maximum atomic E-state index is 12.2. The number of rotatable bonds is 3. The van der Waals surface area contributed by atoms with Gasteiger partial charge in [0.2, 0.25) is 0 Å². The fraction of sp³-hybridized carbons (Fsp3) is 0.0909. The van der Waals surface area contributed by atoms with Crippen LogP contribution in [0.2, 0.25) is 0 Å². The lowest BCUT2D eigenvalue weighted by atomic mass is 9.96. The van der Waals surface area contributed by atoms with Crippen molar-refractivity contribution in [2.75, 3.05) is 12.4 Å². The van der Waals surface area contributed by atoms with Gasteiger partial charge in [0.05, 0.1) is 30.4 Å². The highest BCUT2D eigenvalue weighted by atomic mass is 16.5. The van der Waals surface area contributed by atoms with Gasteiger partial charge < -0.3 is 20.9 Å². The van der Waals surface area contributed by atoms with Gasteiger partial charge in [-0.25, -0.2) is 4.52 Å². The van der Waals surface area contributed by atoms with E-state index in [-0.39, 0.29) is 11.8 Å². The molecule has 5 rings (SSSR count). The first-order valence-corrected chi connectivity index (χ1v) is 9.11. The summed E-state index contributed by atoms with van der Waals surface area (Å²) in [5, 5.41) is 18.0. The number of ether oxygens (including phenoxy) is 1. The summed E-state index contributed by atoms with van der Waals surface area (Å²) in [6, 6.07) is 14.8. The normalized spacial score (nSPS) is 14.7. The molecule has 0 saturated heterocycles. The van der Waals surface area contributed by atoms with Gasteiger partial charge >= 0.3 is 0 Å². The largest absolute Gasteiger partial charge is 0.504 e. The summed E-state index contributed by atoms with van der Waals surface area (Å²) >= 11 is 0. The molecule has 1 amide bonds. The van der Waals surface area contributed by atoms with Crippen molar-refractivity contribution in [3.63, 3.8) is 0 Å². The van der Waals surface area contributed by atoms with Crippen LogP contribution in [-0.2, 0) is 0 Å². The molecule has 7 nitrogen and oxygen atoms in total. The second-order valence-electron chi connectivity index (χ2n) is 6.92. The van der Waals surface area contributed by atoms with Crippen LogP contribution in [0.4, 0.5) is 5.69 Å². The second-order valence-corrected chi connectivity index (χ2v) is 6.92. The molecule has 1 aliphatic heterocycles. The SMILES string of the molecule is COc1cc(C2Nc3ccccc3-c3c(C(N)=O)cnn4ccc2c34)ccc1O. The number of aromatic hydroxyl groups is 1. The average molecular weight is 386 g/mol. The Labute approximate surface area is 166 Å². The number of carbonyl (C=O) groups is 1. The molecule has 2 aromatic carbocycles. The summed E-state index contributed by atoms with van der Waals surface area (Å²) in [7, 11) is 1.52. The third kappa shape index (κ3) is 2.51. The van der Waals surface area contributed by atoms with E-state index in [1.165, 1.54) is 13.3 Å². The molecule has 3 heterocycles. The Balaban J connectivity index is 1.85. The Morgan fingerprint density at radius 3 is 2.86 bits per heavy atom. The van der Waals surface area contributed by atoms with Crippen LogP contribution in [0.25, 0.3) is 16.6 Å². The van der Waals surface area contributed by atoms with Crippen molar-refractivity contribution in [2.45, 2.75) is 6.04 Å². The highest BCUT2D eigenvalue weighted by Crippen LogP contribution is 2.44. The molecule has 4 N–H and O–H groups in total. The van der Waals surface area contributed by atoms with E-state index in [0.717, 1.165) is 33.5 Å². The molecular weight excluding hydrogens is 368 g/mol. The van der Waals surface area contributed by atoms with Crippen LogP contribution in [0.5, 0.6) is 11.5 Å². The molecule has 0 radical (unpaired) electrons. The van der Waals surface area contributed by atoms with Crippen molar-refractivity contribution in [1.29, 1.82) is 0 Å². The lowest BCUT2D eigenvalue weighted by Gasteiger charge is -2.20. The van der Waals surface area contributed by atoms with E-state index >= 15 is 0 Å². The molecular formula is C22H18N4O3. The summed E-state index contributed by atoms with van der Waals surface area (Å²) < 4.78 is 7.05. The van der Waals surface area contributed by atoms with E-state index in [2.05, 4.69) is 10.4 Å². The van der Waals surface area contributed by atoms with Crippen LogP contribution in [0, 0.1) is 0 Å². The monoisotopic (exact) mass is 386 g/mol. The zero-order chi connectivity index (χ0) is 20.1. The van der Waals surface area contributed by atoms with Gasteiger partial charge in [-0.15, -0.1) is 0 Å². The maximum Gasteiger partial charge on any atom is 0.251 e. The van der Waals surface area contributed by atoms with Crippen LogP contribution < -0.4 is 15.8 Å². The number of carbonyl (C=O) groups excluding carboxylic acids is 1. The van der Waals surface area contributed by atoms with Crippen molar-refractivity contribution < 1.29 is 14.6 Å². The molecule has 7 heteroatoms. The Hall–Kier alpha value is -4.00. The maximum absolute atomic E-state index is 12.2. The molecule has 0 bridgehead atoms. The Bertz CT molecular complexity index is 1280. The molecule has 144 valence electrons. The molecule has 2 aromatic heterocycles. The Morgan fingerprint density at radius 2 is 2.07 bits per heavy atom. The van der Waals surface area contributed by atoms with E-state index in [1.807, 2.05) is 42.6 Å². The van der Waals surface area contributed by atoms with Gasteiger partial charge in [0.25, 0.3) is 5.91 Å². The minimum Gasteiger partial charge on any atom is -0.504 e. The zero-order valence-corrected chi connectivity index (χ0v) is 15.6. The minimum atomic E-state index is -0.526. The number of nitrogens with one attached hydrogen (secondary N) is 1. The summed E-state index contributed by atoms with van der Waals surface area (Å²) in [4.78, 5) is 12.2. The Kier molecular flexibility index (Phi) is 3.70. The highest BCUT2D eigenvalue weighted by Gasteiger charge is 2.29. The molecule has 1 aliphatic rings. The van der Waals surface area contributed by atoms with Crippen LogP contribution in [0.3, 0.4) is 0 Å². The molecule has 4 aromatic rings. The molecule has 0 aliphatic carbocycles. The molecule has 0 fully saturated rings. The molecule has 0 saturated carbocycles. The van der Waals surface area contributed by atoms with Crippen molar-refractivity contribution >= 4 is 17.1 Å². The molecule has 1 atom stereocenters. The van der Waals surface area contributed by atoms with E-state index in [4.69, 9.17) is 10.5 Å². The molecule has 29 heavy (non-hydrogen) atoms. The number of anilines is 1. The molecule has 1 unspecified atom stereocenters. The average Bonchev–Trinajstić information content (AvgIpc) is 3.09. The van der Waals surface area contributed by atoms with Crippen LogP contribution in [0.15, 0.2) is 60.9 Å². The number of benzene rings is 2. The summed E-state index contributed by atoms with van der Waals surface area (Å²) in [6.45, 7) is 0. The van der Waals surface area contributed by atoms with E-state index in [9.17, 15) is 9.90 Å². The van der Waals surface area contributed by atoms with E-state index in [0.29, 0.717) is 11.3 Å². The predicted octanol–water partition coefficient (Wildman–Crippen LogP) is 3.33. The number of nitrogens with zero attached hydrogens (tertiary/aromatic N) is 2. The quantitative estimate of drug-likeness (QED) is 0.501. The number of para-hydroxylation sites is 1. The summed E-state index contributed by atoms with van der Waals surface area (Å²) in [5.74, 6) is -0.0615. The number of nitrogens with two attached hydrogens (primary N) is 1. The first kappa shape index (κ1) is 17.1. The summed E-state index contributed by atoms with van der Waals surface area (Å²) in [5.41, 5.74) is 11.2. The standard InChI is InChI=1S/C22H18N4O3/c1-29-18-10-12(6-7-17(18)27)20-14-8-9-26-21(14)19(15(11-24-26)22(23)28)13-4-2-3-5-16(13)25-20/h2-11,20,25,27H,1H3,(H2,23,28). The van der Waals surface area contributed by atoms with Crippen LogP contribution in [-0.4, -0.2) is 27.7 Å². The van der Waals surface area contributed by atoms with Gasteiger partial charge in [-0.1, -0.05) is 24.3 Å². The number of phenolic OH excluding ortho intramolecular Hbond substituents is 1.